The van der Waals surface area contributed by atoms with Crippen molar-refractivity contribution >= 4 is 5.71 Å². The van der Waals surface area contributed by atoms with Gasteiger partial charge in [0.15, 0.2) is 0 Å². The standard InChI is InChI=1S/C6H5N3/c1-2-7-6-4-9-8-3-5(1)6/h1-3H,4H2. The number of allylic oxidation sites excluding steroid dienone is 1. The highest BCUT2D eigenvalue weighted by Gasteiger charge is 2.09. The van der Waals surface area contributed by atoms with Crippen molar-refractivity contribution < 1.29 is 0 Å². The number of rotatable bonds is 0. The van der Waals surface area contributed by atoms with Crippen LogP contribution < -0.4 is 0 Å². The summed E-state index contributed by atoms with van der Waals surface area (Å²) in [6.45, 7) is 0.638. The van der Waals surface area contributed by atoms with Gasteiger partial charge in [-0.1, -0.05) is 0 Å². The Bertz CT molecular complexity index is 245. The quantitative estimate of drug-likeness (QED) is 0.461. The van der Waals surface area contributed by atoms with Crippen LogP contribution in [-0.4, -0.2) is 12.3 Å². The Morgan fingerprint density at radius 3 is 3.33 bits per heavy atom. The number of aliphatic imine (C=N–C) groups is 1. The van der Waals surface area contributed by atoms with E-state index in [1.54, 1.807) is 12.4 Å². The van der Waals surface area contributed by atoms with Crippen molar-refractivity contribution in [3.63, 3.8) is 0 Å². The van der Waals surface area contributed by atoms with E-state index in [1.807, 2.05) is 6.08 Å². The molecular formula is C6H5N3. The molecule has 0 amide bonds. The molecule has 44 valence electrons. The molecule has 0 saturated heterocycles. The second-order valence-corrected chi connectivity index (χ2v) is 1.89. The molecule has 2 rings (SSSR count). The molecule has 0 radical (unpaired) electrons. The maximum absolute atomic E-state index is 4.07. The van der Waals surface area contributed by atoms with Crippen molar-refractivity contribution in [2.24, 2.45) is 15.2 Å². The summed E-state index contributed by atoms with van der Waals surface area (Å²) >= 11 is 0. The average molecular weight is 119 g/mol. The third-order valence-electron chi connectivity index (χ3n) is 1.32. The fraction of sp³-hybridized carbons (Fsp3) is 0.167. The van der Waals surface area contributed by atoms with E-state index in [-0.39, 0.29) is 0 Å². The van der Waals surface area contributed by atoms with E-state index in [2.05, 4.69) is 15.2 Å². The van der Waals surface area contributed by atoms with Crippen molar-refractivity contribution in [3.8, 4) is 0 Å². The largest absolute Gasteiger partial charge is 0.259 e. The highest BCUT2D eigenvalue weighted by molar-refractivity contribution is 6.06. The summed E-state index contributed by atoms with van der Waals surface area (Å²) < 4.78 is 0. The van der Waals surface area contributed by atoms with E-state index in [0.717, 1.165) is 11.3 Å². The molecular weight excluding hydrogens is 114 g/mol. The molecule has 2 heterocycles. The topological polar surface area (TPSA) is 37.1 Å². The van der Waals surface area contributed by atoms with Gasteiger partial charge < -0.3 is 0 Å². The Labute approximate surface area is 52.5 Å². The molecule has 0 aromatic rings. The number of hydrogen-bond donors (Lipinski definition) is 0. The first-order chi connectivity index (χ1) is 4.47. The zero-order valence-corrected chi connectivity index (χ0v) is 4.78. The first kappa shape index (κ1) is 4.61. The molecule has 0 unspecified atom stereocenters. The number of nitrogens with zero attached hydrogens (tertiary/aromatic N) is 3. The fourth-order valence-corrected chi connectivity index (χ4v) is 0.839. The van der Waals surface area contributed by atoms with Crippen LogP contribution in [0.4, 0.5) is 0 Å². The van der Waals surface area contributed by atoms with Crippen molar-refractivity contribution in [2.45, 2.75) is 0 Å². The van der Waals surface area contributed by atoms with E-state index in [4.69, 9.17) is 0 Å². The fourth-order valence-electron chi connectivity index (χ4n) is 0.839. The molecule has 2 aliphatic rings. The van der Waals surface area contributed by atoms with E-state index >= 15 is 0 Å². The van der Waals surface area contributed by atoms with Crippen molar-refractivity contribution in [1.29, 1.82) is 0 Å². The summed E-state index contributed by atoms with van der Waals surface area (Å²) in [6, 6.07) is 0. The minimum atomic E-state index is 0.638. The highest BCUT2D eigenvalue weighted by atomic mass is 15.1. The van der Waals surface area contributed by atoms with Crippen LogP contribution in [-0.2, 0) is 0 Å². The van der Waals surface area contributed by atoms with Gasteiger partial charge in [0.25, 0.3) is 0 Å². The molecule has 3 nitrogen and oxygen atoms in total. The molecule has 0 spiro atoms. The van der Waals surface area contributed by atoms with Crippen molar-refractivity contribution in [3.05, 3.63) is 24.0 Å². The Balaban J connectivity index is 2.46. The maximum atomic E-state index is 4.07. The smallest absolute Gasteiger partial charge is 0.103 e. The van der Waals surface area contributed by atoms with Crippen LogP contribution in [0.3, 0.4) is 0 Å². The van der Waals surface area contributed by atoms with E-state index in [1.165, 1.54) is 0 Å². The van der Waals surface area contributed by atoms with Gasteiger partial charge in [-0.25, -0.2) is 0 Å². The summed E-state index contributed by atoms with van der Waals surface area (Å²) in [7, 11) is 0. The first-order valence-corrected chi connectivity index (χ1v) is 2.77. The van der Waals surface area contributed by atoms with Crippen LogP contribution in [0.25, 0.3) is 0 Å². The number of azo groups is 1. The molecule has 0 aliphatic carbocycles. The molecule has 2 aliphatic heterocycles. The van der Waals surface area contributed by atoms with E-state index in [9.17, 15) is 0 Å². The van der Waals surface area contributed by atoms with Crippen LogP contribution in [0.1, 0.15) is 0 Å². The van der Waals surface area contributed by atoms with Gasteiger partial charge >= 0.3 is 0 Å². The molecule has 0 aromatic carbocycles. The Hall–Kier alpha value is -1.25. The molecule has 0 bridgehead atoms. The SMILES string of the molecule is C1=CC2=CN=NCC2=N1. The van der Waals surface area contributed by atoms with Gasteiger partial charge in [0, 0.05) is 11.8 Å². The van der Waals surface area contributed by atoms with Gasteiger partial charge in [-0.05, 0) is 6.08 Å². The van der Waals surface area contributed by atoms with Gasteiger partial charge in [0.1, 0.15) is 6.54 Å². The van der Waals surface area contributed by atoms with Crippen LogP contribution in [0, 0.1) is 0 Å². The van der Waals surface area contributed by atoms with E-state index < -0.39 is 0 Å². The third-order valence-corrected chi connectivity index (χ3v) is 1.32. The van der Waals surface area contributed by atoms with Crippen LogP contribution in [0.15, 0.2) is 39.3 Å². The number of fused-ring (bicyclic) bond motifs is 1. The minimum absolute atomic E-state index is 0.638. The molecule has 0 N–H and O–H groups in total. The lowest BCUT2D eigenvalue weighted by Crippen LogP contribution is -2.04. The summed E-state index contributed by atoms with van der Waals surface area (Å²) in [4.78, 5) is 4.07. The Kier molecular flexibility index (Phi) is 0.828. The third kappa shape index (κ3) is 0.614. The first-order valence-electron chi connectivity index (χ1n) is 2.77. The molecule has 0 atom stereocenters. The maximum Gasteiger partial charge on any atom is 0.103 e. The lowest BCUT2D eigenvalue weighted by Gasteiger charge is -1.99. The zero-order valence-electron chi connectivity index (χ0n) is 4.78. The predicted molar refractivity (Wildman–Crippen MR) is 34.4 cm³/mol. The van der Waals surface area contributed by atoms with Gasteiger partial charge in [-0.2, -0.15) is 10.2 Å². The molecule has 0 aromatic heterocycles. The van der Waals surface area contributed by atoms with Gasteiger partial charge in [0.2, 0.25) is 0 Å². The Morgan fingerprint density at radius 1 is 1.44 bits per heavy atom. The zero-order chi connectivity index (χ0) is 6.10. The summed E-state index contributed by atoms with van der Waals surface area (Å²) in [5, 5.41) is 7.55. The predicted octanol–water partition coefficient (Wildman–Crippen LogP) is 1.30. The molecule has 0 saturated carbocycles. The van der Waals surface area contributed by atoms with Gasteiger partial charge in [-0.3, -0.25) is 4.99 Å². The van der Waals surface area contributed by atoms with Crippen LogP contribution >= 0.6 is 0 Å². The van der Waals surface area contributed by atoms with Crippen LogP contribution in [0.5, 0.6) is 0 Å². The summed E-state index contributed by atoms with van der Waals surface area (Å²) in [5.41, 5.74) is 2.13. The summed E-state index contributed by atoms with van der Waals surface area (Å²) in [6.07, 6.45) is 5.44. The molecule has 3 heteroatoms. The Morgan fingerprint density at radius 2 is 2.44 bits per heavy atom. The average Bonchev–Trinajstić information content (AvgIpc) is 2.33. The van der Waals surface area contributed by atoms with Crippen molar-refractivity contribution in [1.82, 2.24) is 0 Å². The van der Waals surface area contributed by atoms with Crippen LogP contribution in [0.2, 0.25) is 0 Å². The van der Waals surface area contributed by atoms with Crippen molar-refractivity contribution in [2.75, 3.05) is 6.54 Å². The minimum Gasteiger partial charge on any atom is -0.259 e. The normalized spacial score (nSPS) is 21.3. The highest BCUT2D eigenvalue weighted by Crippen LogP contribution is 2.12. The lowest BCUT2D eigenvalue weighted by molar-refractivity contribution is 1.07. The molecule has 9 heavy (non-hydrogen) atoms. The van der Waals surface area contributed by atoms with Gasteiger partial charge in [-0.15, -0.1) is 0 Å². The lowest BCUT2D eigenvalue weighted by atomic mass is 10.2. The van der Waals surface area contributed by atoms with E-state index in [0.29, 0.717) is 6.54 Å². The second kappa shape index (κ2) is 1.62. The monoisotopic (exact) mass is 119 g/mol. The molecule has 0 fully saturated rings. The van der Waals surface area contributed by atoms with Gasteiger partial charge in [0.05, 0.1) is 11.9 Å². The number of hydrogen-bond acceptors (Lipinski definition) is 3. The second-order valence-electron chi connectivity index (χ2n) is 1.89. The summed E-state index contributed by atoms with van der Waals surface area (Å²) in [5.74, 6) is 0.